The molecule has 1 unspecified atom stereocenters. The molecule has 0 saturated carbocycles. The Bertz CT molecular complexity index is 353. The Morgan fingerprint density at radius 2 is 1.94 bits per heavy atom. The van der Waals surface area contributed by atoms with Crippen LogP contribution in [-0.4, -0.2) is 19.3 Å². The van der Waals surface area contributed by atoms with Crippen molar-refractivity contribution >= 4 is 15.9 Å². The molecule has 0 aliphatic carbocycles. The predicted octanol–water partition coefficient (Wildman–Crippen LogP) is 3.27. The molecule has 0 fully saturated rings. The first-order valence-electron chi connectivity index (χ1n) is 5.80. The summed E-state index contributed by atoms with van der Waals surface area (Å²) in [5.41, 5.74) is 6.90. The van der Waals surface area contributed by atoms with E-state index >= 15 is 0 Å². The molecule has 1 aromatic carbocycles. The standard InChI is InChI=1S/C13H20BrNO2/c1-9(2)16-6-7-17-13-8-11(14)4-5-12(13)10(3)15/h4-5,8-10H,6-7,15H2,1-3H3. The number of hydrogen-bond donors (Lipinski definition) is 1. The highest BCUT2D eigenvalue weighted by Gasteiger charge is 2.08. The topological polar surface area (TPSA) is 44.5 Å². The third-order valence-corrected chi connectivity index (χ3v) is 2.75. The van der Waals surface area contributed by atoms with Gasteiger partial charge in [0.1, 0.15) is 12.4 Å². The second-order valence-electron chi connectivity index (χ2n) is 4.24. The molecule has 0 aliphatic heterocycles. The molecule has 3 nitrogen and oxygen atoms in total. The third kappa shape index (κ3) is 5.06. The average Bonchev–Trinajstić information content (AvgIpc) is 2.23. The van der Waals surface area contributed by atoms with Gasteiger partial charge in [0.15, 0.2) is 0 Å². The zero-order valence-corrected chi connectivity index (χ0v) is 12.2. The smallest absolute Gasteiger partial charge is 0.125 e. The molecule has 1 atom stereocenters. The normalized spacial score (nSPS) is 12.8. The summed E-state index contributed by atoms with van der Waals surface area (Å²) in [6.45, 7) is 7.08. The van der Waals surface area contributed by atoms with Gasteiger partial charge in [-0.05, 0) is 32.9 Å². The van der Waals surface area contributed by atoms with E-state index < -0.39 is 0 Å². The van der Waals surface area contributed by atoms with Crippen molar-refractivity contribution in [2.45, 2.75) is 32.9 Å². The molecule has 96 valence electrons. The summed E-state index contributed by atoms with van der Waals surface area (Å²) in [5, 5.41) is 0. The van der Waals surface area contributed by atoms with Crippen molar-refractivity contribution in [3.05, 3.63) is 28.2 Å². The zero-order valence-electron chi connectivity index (χ0n) is 10.6. The monoisotopic (exact) mass is 301 g/mol. The molecule has 0 bridgehead atoms. The summed E-state index contributed by atoms with van der Waals surface area (Å²) in [6.07, 6.45) is 0.231. The van der Waals surface area contributed by atoms with Gasteiger partial charge in [-0.15, -0.1) is 0 Å². The Kier molecular flexibility index (Phi) is 5.95. The van der Waals surface area contributed by atoms with Crippen LogP contribution >= 0.6 is 15.9 Å². The highest BCUT2D eigenvalue weighted by molar-refractivity contribution is 9.10. The van der Waals surface area contributed by atoms with E-state index in [1.807, 2.05) is 39.0 Å². The summed E-state index contributed by atoms with van der Waals surface area (Å²) < 4.78 is 12.1. The van der Waals surface area contributed by atoms with Crippen molar-refractivity contribution in [3.8, 4) is 5.75 Å². The Labute approximate surface area is 111 Å². The van der Waals surface area contributed by atoms with E-state index in [4.69, 9.17) is 15.2 Å². The minimum Gasteiger partial charge on any atom is -0.491 e. The summed E-state index contributed by atoms with van der Waals surface area (Å²) in [5.74, 6) is 0.821. The molecule has 0 spiro atoms. The van der Waals surface area contributed by atoms with Crippen LogP contribution in [0.2, 0.25) is 0 Å². The molecule has 1 aromatic rings. The number of ether oxygens (including phenoxy) is 2. The molecular formula is C13H20BrNO2. The van der Waals surface area contributed by atoms with E-state index in [1.165, 1.54) is 0 Å². The Morgan fingerprint density at radius 1 is 1.24 bits per heavy atom. The maximum absolute atomic E-state index is 5.89. The van der Waals surface area contributed by atoms with Gasteiger partial charge in [-0.25, -0.2) is 0 Å². The maximum Gasteiger partial charge on any atom is 0.125 e. The molecule has 0 radical (unpaired) electrons. The van der Waals surface area contributed by atoms with Crippen molar-refractivity contribution in [1.29, 1.82) is 0 Å². The summed E-state index contributed by atoms with van der Waals surface area (Å²) >= 11 is 3.43. The van der Waals surface area contributed by atoms with E-state index in [0.29, 0.717) is 13.2 Å². The maximum atomic E-state index is 5.89. The van der Waals surface area contributed by atoms with E-state index in [9.17, 15) is 0 Å². The minimum absolute atomic E-state index is 0.0379. The lowest BCUT2D eigenvalue weighted by atomic mass is 10.1. The lowest BCUT2D eigenvalue weighted by Gasteiger charge is -2.15. The number of benzene rings is 1. The van der Waals surface area contributed by atoms with Crippen LogP contribution < -0.4 is 10.5 Å². The van der Waals surface area contributed by atoms with Gasteiger partial charge in [-0.2, -0.15) is 0 Å². The van der Waals surface area contributed by atoms with Crippen molar-refractivity contribution < 1.29 is 9.47 Å². The molecule has 17 heavy (non-hydrogen) atoms. The van der Waals surface area contributed by atoms with Crippen molar-refractivity contribution in [2.75, 3.05) is 13.2 Å². The molecule has 1 rings (SSSR count). The zero-order chi connectivity index (χ0) is 12.8. The van der Waals surface area contributed by atoms with Crippen LogP contribution in [-0.2, 0) is 4.74 Å². The van der Waals surface area contributed by atoms with Crippen LogP contribution in [0.5, 0.6) is 5.75 Å². The Balaban J connectivity index is 2.59. The van der Waals surface area contributed by atoms with Crippen LogP contribution in [0, 0.1) is 0 Å². The van der Waals surface area contributed by atoms with E-state index in [1.54, 1.807) is 0 Å². The largest absolute Gasteiger partial charge is 0.491 e. The minimum atomic E-state index is -0.0379. The molecule has 2 N–H and O–H groups in total. The van der Waals surface area contributed by atoms with Gasteiger partial charge in [-0.3, -0.25) is 0 Å². The average molecular weight is 302 g/mol. The van der Waals surface area contributed by atoms with Crippen molar-refractivity contribution in [3.63, 3.8) is 0 Å². The fourth-order valence-corrected chi connectivity index (χ4v) is 1.78. The number of hydrogen-bond acceptors (Lipinski definition) is 3. The Hall–Kier alpha value is -0.580. The first kappa shape index (κ1) is 14.5. The van der Waals surface area contributed by atoms with Crippen LogP contribution in [0.3, 0.4) is 0 Å². The summed E-state index contributed by atoms with van der Waals surface area (Å²) in [6, 6.07) is 5.85. The summed E-state index contributed by atoms with van der Waals surface area (Å²) in [7, 11) is 0. The van der Waals surface area contributed by atoms with Crippen LogP contribution in [0.15, 0.2) is 22.7 Å². The predicted molar refractivity (Wildman–Crippen MR) is 73.3 cm³/mol. The molecule has 0 heterocycles. The van der Waals surface area contributed by atoms with Gasteiger partial charge in [-0.1, -0.05) is 22.0 Å². The molecule has 4 heteroatoms. The van der Waals surface area contributed by atoms with Gasteiger partial charge in [0, 0.05) is 16.1 Å². The van der Waals surface area contributed by atoms with Gasteiger partial charge in [0.25, 0.3) is 0 Å². The SMILES string of the molecule is CC(C)OCCOc1cc(Br)ccc1C(C)N. The van der Waals surface area contributed by atoms with Gasteiger partial charge >= 0.3 is 0 Å². The van der Waals surface area contributed by atoms with Crippen LogP contribution in [0.25, 0.3) is 0 Å². The molecule has 0 amide bonds. The lowest BCUT2D eigenvalue weighted by Crippen LogP contribution is -2.13. The van der Waals surface area contributed by atoms with Gasteiger partial charge < -0.3 is 15.2 Å². The fourth-order valence-electron chi connectivity index (χ4n) is 1.44. The number of rotatable bonds is 6. The van der Waals surface area contributed by atoms with E-state index in [-0.39, 0.29) is 12.1 Å². The number of nitrogens with two attached hydrogens (primary N) is 1. The molecule has 0 saturated heterocycles. The van der Waals surface area contributed by atoms with Gasteiger partial charge in [0.2, 0.25) is 0 Å². The third-order valence-electron chi connectivity index (χ3n) is 2.26. The van der Waals surface area contributed by atoms with E-state index in [0.717, 1.165) is 15.8 Å². The molecular weight excluding hydrogens is 282 g/mol. The van der Waals surface area contributed by atoms with Crippen LogP contribution in [0.4, 0.5) is 0 Å². The molecule has 0 aliphatic rings. The quantitative estimate of drug-likeness (QED) is 0.820. The fraction of sp³-hybridized carbons (Fsp3) is 0.538. The van der Waals surface area contributed by atoms with E-state index in [2.05, 4.69) is 15.9 Å². The Morgan fingerprint density at radius 3 is 2.53 bits per heavy atom. The number of halogens is 1. The first-order valence-corrected chi connectivity index (χ1v) is 6.59. The lowest BCUT2D eigenvalue weighted by molar-refractivity contribution is 0.0550. The van der Waals surface area contributed by atoms with Crippen LogP contribution in [0.1, 0.15) is 32.4 Å². The van der Waals surface area contributed by atoms with Crippen molar-refractivity contribution in [1.82, 2.24) is 0 Å². The highest BCUT2D eigenvalue weighted by atomic mass is 79.9. The second-order valence-corrected chi connectivity index (χ2v) is 5.15. The second kappa shape index (κ2) is 6.99. The summed E-state index contributed by atoms with van der Waals surface area (Å²) in [4.78, 5) is 0. The molecule has 0 aromatic heterocycles. The highest BCUT2D eigenvalue weighted by Crippen LogP contribution is 2.27. The van der Waals surface area contributed by atoms with Crippen molar-refractivity contribution in [2.24, 2.45) is 5.73 Å². The first-order chi connectivity index (χ1) is 8.00. The van der Waals surface area contributed by atoms with Gasteiger partial charge in [0.05, 0.1) is 12.7 Å².